The number of benzene rings is 1. The maximum absolute atomic E-state index is 5.48. The van der Waals surface area contributed by atoms with E-state index in [4.69, 9.17) is 4.52 Å². The second-order valence-corrected chi connectivity index (χ2v) is 5.57. The van der Waals surface area contributed by atoms with Crippen molar-refractivity contribution < 1.29 is 4.52 Å². The minimum Gasteiger partial charge on any atom is -0.359 e. The molecule has 0 spiro atoms. The van der Waals surface area contributed by atoms with Crippen LogP contribution in [-0.2, 0) is 19.6 Å². The fourth-order valence-corrected chi connectivity index (χ4v) is 2.84. The van der Waals surface area contributed by atoms with E-state index in [1.807, 2.05) is 43.3 Å². The molecular weight excluding hydrogens is 278 g/mol. The highest BCUT2D eigenvalue weighted by atomic mass is 16.5. The Bertz CT molecular complexity index is 777. The van der Waals surface area contributed by atoms with Gasteiger partial charge < -0.3 is 9.09 Å². The number of aromatic nitrogens is 4. The summed E-state index contributed by atoms with van der Waals surface area (Å²) in [6.45, 7) is 5.42. The van der Waals surface area contributed by atoms with Crippen molar-refractivity contribution in [2.75, 3.05) is 6.54 Å². The minimum atomic E-state index is 0.742. The van der Waals surface area contributed by atoms with Gasteiger partial charge in [-0.25, -0.2) is 0 Å². The molecule has 1 aromatic carbocycles. The van der Waals surface area contributed by atoms with Crippen LogP contribution in [0.2, 0.25) is 0 Å². The van der Waals surface area contributed by atoms with Crippen molar-refractivity contribution in [1.29, 1.82) is 0 Å². The molecule has 0 saturated carbocycles. The lowest BCUT2D eigenvalue weighted by Crippen LogP contribution is -2.33. The van der Waals surface area contributed by atoms with Crippen molar-refractivity contribution in [2.24, 2.45) is 0 Å². The lowest BCUT2D eigenvalue weighted by atomic mass is 10.1. The monoisotopic (exact) mass is 295 g/mol. The SMILES string of the molecule is Cc1nnc2n1CCN(Cc1cc(-c3ccccc3)no1)C2. The second kappa shape index (κ2) is 5.38. The summed E-state index contributed by atoms with van der Waals surface area (Å²) in [6.07, 6.45) is 0. The molecule has 22 heavy (non-hydrogen) atoms. The molecule has 6 heteroatoms. The lowest BCUT2D eigenvalue weighted by Gasteiger charge is -2.26. The molecule has 1 aliphatic heterocycles. The predicted octanol–water partition coefficient (Wildman–Crippen LogP) is 2.26. The molecule has 112 valence electrons. The molecule has 3 aromatic rings. The Labute approximate surface area is 128 Å². The summed E-state index contributed by atoms with van der Waals surface area (Å²) in [7, 11) is 0. The molecule has 4 rings (SSSR count). The van der Waals surface area contributed by atoms with Crippen LogP contribution < -0.4 is 0 Å². The molecule has 0 radical (unpaired) electrons. The van der Waals surface area contributed by atoms with Gasteiger partial charge in [-0.05, 0) is 6.92 Å². The molecule has 3 heterocycles. The van der Waals surface area contributed by atoms with Gasteiger partial charge >= 0.3 is 0 Å². The van der Waals surface area contributed by atoms with E-state index in [1.165, 1.54) is 0 Å². The smallest absolute Gasteiger partial charge is 0.151 e. The van der Waals surface area contributed by atoms with E-state index in [0.29, 0.717) is 0 Å². The summed E-state index contributed by atoms with van der Waals surface area (Å²) in [5, 5.41) is 12.5. The van der Waals surface area contributed by atoms with Crippen LogP contribution in [-0.4, -0.2) is 31.4 Å². The summed E-state index contributed by atoms with van der Waals surface area (Å²) in [5.74, 6) is 2.88. The summed E-state index contributed by atoms with van der Waals surface area (Å²) >= 11 is 0. The average Bonchev–Trinajstić information content (AvgIpc) is 3.16. The Kier molecular flexibility index (Phi) is 3.23. The van der Waals surface area contributed by atoms with E-state index < -0.39 is 0 Å². The zero-order chi connectivity index (χ0) is 14.9. The third kappa shape index (κ3) is 2.42. The van der Waals surface area contributed by atoms with Crippen molar-refractivity contribution in [2.45, 2.75) is 26.6 Å². The maximum Gasteiger partial charge on any atom is 0.151 e. The first-order valence-electron chi connectivity index (χ1n) is 7.41. The van der Waals surface area contributed by atoms with Gasteiger partial charge in [0.1, 0.15) is 17.3 Å². The van der Waals surface area contributed by atoms with E-state index in [1.54, 1.807) is 0 Å². The van der Waals surface area contributed by atoms with Crippen LogP contribution in [0.25, 0.3) is 11.3 Å². The fraction of sp³-hybridized carbons (Fsp3) is 0.312. The maximum atomic E-state index is 5.48. The zero-order valence-corrected chi connectivity index (χ0v) is 12.4. The molecule has 0 aliphatic carbocycles. The first-order chi connectivity index (χ1) is 10.8. The van der Waals surface area contributed by atoms with Crippen molar-refractivity contribution in [3.8, 4) is 11.3 Å². The van der Waals surface area contributed by atoms with Crippen LogP contribution >= 0.6 is 0 Å². The van der Waals surface area contributed by atoms with Crippen LogP contribution in [0.5, 0.6) is 0 Å². The number of aryl methyl sites for hydroxylation is 1. The van der Waals surface area contributed by atoms with Gasteiger partial charge in [-0.2, -0.15) is 0 Å². The number of fused-ring (bicyclic) bond motifs is 1. The molecule has 2 aromatic heterocycles. The van der Waals surface area contributed by atoms with Gasteiger partial charge in [-0.1, -0.05) is 35.5 Å². The highest BCUT2D eigenvalue weighted by Crippen LogP contribution is 2.21. The van der Waals surface area contributed by atoms with Gasteiger partial charge in [0.2, 0.25) is 0 Å². The van der Waals surface area contributed by atoms with Gasteiger partial charge in [-0.15, -0.1) is 10.2 Å². The van der Waals surface area contributed by atoms with Crippen molar-refractivity contribution in [1.82, 2.24) is 24.8 Å². The van der Waals surface area contributed by atoms with E-state index in [9.17, 15) is 0 Å². The molecule has 0 fully saturated rings. The van der Waals surface area contributed by atoms with Gasteiger partial charge in [0.25, 0.3) is 0 Å². The quantitative estimate of drug-likeness (QED) is 0.741. The first kappa shape index (κ1) is 13.2. The molecule has 0 unspecified atom stereocenters. The normalized spacial score (nSPS) is 15.0. The van der Waals surface area contributed by atoms with Crippen LogP contribution in [0.3, 0.4) is 0 Å². The lowest BCUT2D eigenvalue weighted by molar-refractivity contribution is 0.186. The third-order valence-electron chi connectivity index (χ3n) is 4.03. The number of rotatable bonds is 3. The number of hydrogen-bond acceptors (Lipinski definition) is 5. The van der Waals surface area contributed by atoms with Gasteiger partial charge in [0, 0.05) is 24.7 Å². The fourth-order valence-electron chi connectivity index (χ4n) is 2.84. The Balaban J connectivity index is 1.48. The van der Waals surface area contributed by atoms with Gasteiger partial charge in [-0.3, -0.25) is 4.90 Å². The molecule has 0 N–H and O–H groups in total. The highest BCUT2D eigenvalue weighted by Gasteiger charge is 2.20. The van der Waals surface area contributed by atoms with Gasteiger partial charge in [0.05, 0.1) is 13.1 Å². The Morgan fingerprint density at radius 1 is 1.14 bits per heavy atom. The third-order valence-corrected chi connectivity index (χ3v) is 4.03. The average molecular weight is 295 g/mol. The first-order valence-corrected chi connectivity index (χ1v) is 7.41. The van der Waals surface area contributed by atoms with E-state index >= 15 is 0 Å². The molecule has 0 saturated heterocycles. The van der Waals surface area contributed by atoms with Crippen LogP contribution in [0.1, 0.15) is 17.4 Å². The molecule has 1 aliphatic rings. The van der Waals surface area contributed by atoms with Crippen LogP contribution in [0, 0.1) is 6.92 Å². The molecule has 0 bridgehead atoms. The Hall–Kier alpha value is -2.47. The summed E-state index contributed by atoms with van der Waals surface area (Å²) in [6, 6.07) is 12.1. The largest absolute Gasteiger partial charge is 0.359 e. The van der Waals surface area contributed by atoms with Gasteiger partial charge in [0.15, 0.2) is 5.76 Å². The van der Waals surface area contributed by atoms with E-state index in [-0.39, 0.29) is 0 Å². The Morgan fingerprint density at radius 2 is 2.00 bits per heavy atom. The molecule has 0 atom stereocenters. The van der Waals surface area contributed by atoms with E-state index in [2.05, 4.69) is 24.8 Å². The second-order valence-electron chi connectivity index (χ2n) is 5.57. The van der Waals surface area contributed by atoms with Crippen molar-refractivity contribution in [3.63, 3.8) is 0 Å². The topological polar surface area (TPSA) is 60.0 Å². The standard InChI is InChI=1S/C16H17N5O/c1-12-17-18-16-11-20(7-8-21(12)16)10-14-9-15(19-22-14)13-5-3-2-4-6-13/h2-6,9H,7-8,10-11H2,1H3. The minimum absolute atomic E-state index is 0.742. The van der Waals surface area contributed by atoms with Crippen LogP contribution in [0.15, 0.2) is 40.9 Å². The van der Waals surface area contributed by atoms with Crippen molar-refractivity contribution in [3.05, 3.63) is 53.8 Å². The molecule has 0 amide bonds. The zero-order valence-electron chi connectivity index (χ0n) is 12.4. The predicted molar refractivity (Wildman–Crippen MR) is 80.8 cm³/mol. The summed E-state index contributed by atoms with van der Waals surface area (Å²) < 4.78 is 7.65. The van der Waals surface area contributed by atoms with E-state index in [0.717, 1.165) is 54.8 Å². The molecule has 6 nitrogen and oxygen atoms in total. The number of hydrogen-bond donors (Lipinski definition) is 0. The highest BCUT2D eigenvalue weighted by molar-refractivity contribution is 5.58. The van der Waals surface area contributed by atoms with Crippen molar-refractivity contribution >= 4 is 0 Å². The molecular formula is C16H17N5O. The van der Waals surface area contributed by atoms with Crippen LogP contribution in [0.4, 0.5) is 0 Å². The summed E-state index contributed by atoms with van der Waals surface area (Å²) in [4.78, 5) is 2.30. The Morgan fingerprint density at radius 3 is 2.86 bits per heavy atom. The summed E-state index contributed by atoms with van der Waals surface area (Å²) in [5.41, 5.74) is 1.96. The number of nitrogens with zero attached hydrogens (tertiary/aromatic N) is 5.